The standard InChI is InChI=1S/C42H70O14/c1-20(2)7-8-22(45)21(3)29-23(46)15-40(6)27-10-9-26-38(4,19-53-36-34(51)32(49)30(47)24(16-43)54-36)28(56-37-35(52)33(50)31(48)25(17-44)55-37)11-12-41(26)18-42(27,41)14-13-39(29,40)5/h7,21-37,43-52H,8-19H2,1-6H3/t21-,22+,23+,24-,25-,26+,27+,28+,29+,30-,31+,32+,33+,34-,35-,36-,37+,38+,39-,40+,41-,42+/m1/s1. The highest BCUT2D eigenvalue weighted by molar-refractivity contribution is 5.31. The van der Waals surface area contributed by atoms with Crippen molar-refractivity contribution >= 4 is 0 Å². The Balaban J connectivity index is 1.18. The minimum atomic E-state index is -1.61. The first-order valence-electron chi connectivity index (χ1n) is 21.1. The van der Waals surface area contributed by atoms with Crippen LogP contribution in [0.25, 0.3) is 0 Å². The largest absolute Gasteiger partial charge is 0.394 e. The van der Waals surface area contributed by atoms with Crippen molar-refractivity contribution in [1.82, 2.24) is 0 Å². The van der Waals surface area contributed by atoms with Crippen LogP contribution in [0.2, 0.25) is 0 Å². The molecule has 7 fully saturated rings. The van der Waals surface area contributed by atoms with E-state index in [4.69, 9.17) is 18.9 Å². The predicted molar refractivity (Wildman–Crippen MR) is 200 cm³/mol. The Morgan fingerprint density at radius 1 is 0.732 bits per heavy atom. The molecule has 2 aliphatic heterocycles. The molecule has 2 spiro atoms. The third-order valence-electron chi connectivity index (χ3n) is 17.4. The smallest absolute Gasteiger partial charge is 0.186 e. The Bertz CT molecular complexity index is 1440. The van der Waals surface area contributed by atoms with Gasteiger partial charge in [0.1, 0.15) is 48.8 Å². The van der Waals surface area contributed by atoms with E-state index in [1.165, 1.54) is 0 Å². The van der Waals surface area contributed by atoms with E-state index in [2.05, 4.69) is 33.8 Å². The summed E-state index contributed by atoms with van der Waals surface area (Å²) < 4.78 is 24.5. The number of hydrogen-bond donors (Lipinski definition) is 10. The molecule has 2 heterocycles. The van der Waals surface area contributed by atoms with Crippen LogP contribution in [0.1, 0.15) is 99.3 Å². The van der Waals surface area contributed by atoms with Gasteiger partial charge in [-0.25, -0.2) is 0 Å². The number of ether oxygens (including phenoxy) is 4. The molecule has 0 amide bonds. The molecule has 0 unspecified atom stereocenters. The van der Waals surface area contributed by atoms with Gasteiger partial charge >= 0.3 is 0 Å². The van der Waals surface area contributed by atoms with Crippen LogP contribution in [0.3, 0.4) is 0 Å². The average molecular weight is 799 g/mol. The molecule has 322 valence electrons. The highest BCUT2D eigenvalue weighted by atomic mass is 16.7. The molecule has 0 aromatic heterocycles. The Morgan fingerprint density at radius 3 is 1.91 bits per heavy atom. The lowest BCUT2D eigenvalue weighted by molar-refractivity contribution is -0.340. The van der Waals surface area contributed by atoms with E-state index in [-0.39, 0.29) is 46.0 Å². The quantitative estimate of drug-likeness (QED) is 0.103. The fourth-order valence-electron chi connectivity index (χ4n) is 14.2. The van der Waals surface area contributed by atoms with E-state index in [0.29, 0.717) is 25.2 Å². The summed E-state index contributed by atoms with van der Waals surface area (Å²) in [5.74, 6) is 0.242. The van der Waals surface area contributed by atoms with Crippen molar-refractivity contribution in [2.75, 3.05) is 19.8 Å². The van der Waals surface area contributed by atoms with Crippen LogP contribution in [-0.2, 0) is 18.9 Å². The summed E-state index contributed by atoms with van der Waals surface area (Å²) in [6.45, 7) is 11.8. The van der Waals surface area contributed by atoms with Gasteiger partial charge in [-0.1, -0.05) is 39.3 Å². The van der Waals surface area contributed by atoms with Crippen molar-refractivity contribution in [3.05, 3.63) is 11.6 Å². The first-order valence-corrected chi connectivity index (χ1v) is 21.1. The lowest BCUT2D eigenvalue weighted by Gasteiger charge is -2.64. The summed E-state index contributed by atoms with van der Waals surface area (Å²) in [6.07, 6.45) is -6.88. The minimum absolute atomic E-state index is 0.00120. The van der Waals surface area contributed by atoms with E-state index in [1.54, 1.807) is 0 Å². The van der Waals surface area contributed by atoms with Crippen LogP contribution in [-0.4, -0.2) is 151 Å². The Labute approximate surface area is 330 Å². The molecular weight excluding hydrogens is 728 g/mol. The zero-order valence-electron chi connectivity index (χ0n) is 34.0. The summed E-state index contributed by atoms with van der Waals surface area (Å²) in [6, 6.07) is 0. The number of aliphatic hydroxyl groups is 10. The van der Waals surface area contributed by atoms with Crippen LogP contribution in [0.4, 0.5) is 0 Å². The van der Waals surface area contributed by atoms with Gasteiger partial charge in [0, 0.05) is 5.41 Å². The number of rotatable bonds is 11. The van der Waals surface area contributed by atoms with Gasteiger partial charge in [0.25, 0.3) is 0 Å². The molecule has 14 heteroatoms. The van der Waals surface area contributed by atoms with Gasteiger partial charge in [-0.3, -0.25) is 0 Å². The average Bonchev–Trinajstić information content (AvgIpc) is 3.77. The van der Waals surface area contributed by atoms with Gasteiger partial charge in [0.05, 0.1) is 38.1 Å². The molecule has 5 aliphatic carbocycles. The normalized spacial score (nSPS) is 54.9. The van der Waals surface area contributed by atoms with Crippen LogP contribution < -0.4 is 0 Å². The van der Waals surface area contributed by atoms with Crippen LogP contribution in [0.15, 0.2) is 11.6 Å². The van der Waals surface area contributed by atoms with Crippen molar-refractivity contribution in [1.29, 1.82) is 0 Å². The van der Waals surface area contributed by atoms with E-state index >= 15 is 0 Å². The maximum atomic E-state index is 11.9. The highest BCUT2D eigenvalue weighted by Gasteiger charge is 2.83. The molecule has 0 bridgehead atoms. The molecule has 0 aromatic rings. The van der Waals surface area contributed by atoms with Gasteiger partial charge < -0.3 is 70.0 Å². The molecule has 14 nitrogen and oxygen atoms in total. The maximum Gasteiger partial charge on any atom is 0.186 e. The van der Waals surface area contributed by atoms with E-state index in [0.717, 1.165) is 44.1 Å². The molecule has 56 heavy (non-hydrogen) atoms. The molecular formula is C42H70O14. The zero-order chi connectivity index (χ0) is 40.9. The van der Waals surface area contributed by atoms with Gasteiger partial charge in [-0.15, -0.1) is 0 Å². The topological polar surface area (TPSA) is 239 Å². The van der Waals surface area contributed by atoms with Crippen LogP contribution >= 0.6 is 0 Å². The Kier molecular flexibility index (Phi) is 11.8. The SMILES string of the molecule is CC(C)=CC[C@H](O)[C@@H](C)[C@H]1[C@@H](O)C[C@@]2(C)[C@@H]3CC[C@H]4[C@](C)(CO[C@@H]5O[C@H](CO)[C@@H](O)[C@H](O)[C@H]5O)[C@@H](O[C@@H]5O[C@H](CO)[C@H](O)[C@H](O)[C@H]5O)CC[C@@]45C[C@@]35CC[C@]12C. The van der Waals surface area contributed by atoms with Gasteiger partial charge in [-0.05, 0) is 117 Å². The zero-order valence-corrected chi connectivity index (χ0v) is 34.0. The third kappa shape index (κ3) is 6.34. The monoisotopic (exact) mass is 798 g/mol. The van der Waals surface area contributed by atoms with E-state index in [9.17, 15) is 51.1 Å². The fraction of sp³-hybridized carbons (Fsp3) is 0.952. The van der Waals surface area contributed by atoms with Crippen molar-refractivity contribution in [2.45, 2.75) is 179 Å². The predicted octanol–water partition coefficient (Wildman–Crippen LogP) is 0.731. The number of hydrogen-bond acceptors (Lipinski definition) is 14. The molecule has 0 radical (unpaired) electrons. The second-order valence-electron chi connectivity index (χ2n) is 20.1. The molecule has 10 N–H and O–H groups in total. The van der Waals surface area contributed by atoms with Gasteiger partial charge in [0.2, 0.25) is 0 Å². The third-order valence-corrected chi connectivity index (χ3v) is 17.4. The summed E-state index contributed by atoms with van der Waals surface area (Å²) in [7, 11) is 0. The second kappa shape index (κ2) is 15.3. The number of fused-ring (bicyclic) bond motifs is 2. The van der Waals surface area contributed by atoms with E-state index < -0.39 is 98.4 Å². The first kappa shape index (κ1) is 43.3. The van der Waals surface area contributed by atoms with Crippen molar-refractivity contribution in [3.63, 3.8) is 0 Å². The minimum Gasteiger partial charge on any atom is -0.394 e. The van der Waals surface area contributed by atoms with Crippen LogP contribution in [0, 0.1) is 50.7 Å². The van der Waals surface area contributed by atoms with Crippen molar-refractivity contribution < 1.29 is 70.0 Å². The lowest BCUT2D eigenvalue weighted by atomic mass is 9.41. The summed E-state index contributed by atoms with van der Waals surface area (Å²) in [5.41, 5.74) is -0.0759. The van der Waals surface area contributed by atoms with Gasteiger partial charge in [-0.2, -0.15) is 0 Å². The van der Waals surface area contributed by atoms with Gasteiger partial charge in [0.15, 0.2) is 12.6 Å². The lowest BCUT2D eigenvalue weighted by Crippen LogP contribution is -2.63. The Morgan fingerprint density at radius 2 is 1.30 bits per heavy atom. The molecule has 0 aromatic carbocycles. The summed E-state index contributed by atoms with van der Waals surface area (Å²) in [4.78, 5) is 0. The molecule has 2 saturated heterocycles. The Hall–Kier alpha value is -0.820. The maximum absolute atomic E-state index is 11.9. The summed E-state index contributed by atoms with van der Waals surface area (Å²) in [5, 5.41) is 107. The number of aliphatic hydroxyl groups excluding tert-OH is 10. The fourth-order valence-corrected chi connectivity index (χ4v) is 14.2. The number of allylic oxidation sites excluding steroid dienone is 1. The van der Waals surface area contributed by atoms with Crippen molar-refractivity contribution in [3.8, 4) is 0 Å². The first-order chi connectivity index (χ1) is 26.3. The molecule has 5 saturated carbocycles. The molecule has 7 aliphatic rings. The highest BCUT2D eigenvalue weighted by Crippen LogP contribution is 2.89. The summed E-state index contributed by atoms with van der Waals surface area (Å²) >= 11 is 0. The van der Waals surface area contributed by atoms with E-state index in [1.807, 2.05) is 13.8 Å². The molecule has 7 rings (SSSR count). The van der Waals surface area contributed by atoms with Crippen molar-refractivity contribution in [2.24, 2.45) is 50.7 Å². The van der Waals surface area contributed by atoms with Crippen LogP contribution in [0.5, 0.6) is 0 Å². The molecule has 22 atom stereocenters. The second-order valence-corrected chi connectivity index (χ2v) is 20.1.